The molecule has 0 aliphatic carbocycles. The molecule has 2 bridgehead atoms. The van der Waals surface area contributed by atoms with Gasteiger partial charge in [-0.05, 0) is 31.9 Å². The maximum atomic E-state index is 6.13. The van der Waals surface area contributed by atoms with Gasteiger partial charge in [0.2, 0.25) is 5.88 Å². The fourth-order valence-electron chi connectivity index (χ4n) is 3.60. The lowest BCUT2D eigenvalue weighted by Gasteiger charge is -2.42. The number of benzene rings is 1. The third-order valence-electron chi connectivity index (χ3n) is 4.78. The lowest BCUT2D eigenvalue weighted by molar-refractivity contribution is 0.0123. The van der Waals surface area contributed by atoms with Crippen LogP contribution < -0.4 is 4.74 Å². The molecule has 4 rings (SSSR count). The quantitative estimate of drug-likeness (QED) is 0.872. The topological polar surface area (TPSA) is 38.2 Å². The van der Waals surface area contributed by atoms with Gasteiger partial charge in [0.05, 0.1) is 5.69 Å². The summed E-state index contributed by atoms with van der Waals surface area (Å²) in [5.74, 6) is 1.31. The molecule has 0 spiro atoms. The molecule has 0 amide bonds. The van der Waals surface area contributed by atoms with Crippen LogP contribution in [-0.4, -0.2) is 40.8 Å². The SMILES string of the molecule is c1ccc(-c2ccc(OC3CCN4CCCC3C4)nn2)cc1. The summed E-state index contributed by atoms with van der Waals surface area (Å²) < 4.78 is 6.13. The Kier molecular flexibility index (Phi) is 3.77. The fraction of sp³-hybridized carbons (Fsp3) is 0.444. The van der Waals surface area contributed by atoms with Gasteiger partial charge >= 0.3 is 0 Å². The number of nitrogens with zero attached hydrogens (tertiary/aromatic N) is 3. The van der Waals surface area contributed by atoms with E-state index < -0.39 is 0 Å². The summed E-state index contributed by atoms with van der Waals surface area (Å²) in [6.07, 6.45) is 3.97. The van der Waals surface area contributed by atoms with Crippen molar-refractivity contribution in [1.29, 1.82) is 0 Å². The Morgan fingerprint density at radius 1 is 0.955 bits per heavy atom. The van der Waals surface area contributed by atoms with E-state index in [0.29, 0.717) is 17.9 Å². The highest BCUT2D eigenvalue weighted by molar-refractivity contribution is 5.58. The highest BCUT2D eigenvalue weighted by Gasteiger charge is 2.33. The van der Waals surface area contributed by atoms with Crippen molar-refractivity contribution >= 4 is 0 Å². The van der Waals surface area contributed by atoms with E-state index in [1.165, 1.54) is 25.9 Å². The molecule has 3 heterocycles. The van der Waals surface area contributed by atoms with Gasteiger partial charge in [-0.3, -0.25) is 0 Å². The molecule has 2 aliphatic heterocycles. The average molecular weight is 295 g/mol. The number of piperidine rings is 2. The molecule has 22 heavy (non-hydrogen) atoms. The van der Waals surface area contributed by atoms with Gasteiger partial charge in [-0.25, -0.2) is 0 Å². The molecule has 0 radical (unpaired) electrons. The predicted molar refractivity (Wildman–Crippen MR) is 85.7 cm³/mol. The van der Waals surface area contributed by atoms with Crippen molar-refractivity contribution in [1.82, 2.24) is 15.1 Å². The first kappa shape index (κ1) is 13.7. The Bertz CT molecular complexity index is 614. The summed E-state index contributed by atoms with van der Waals surface area (Å²) in [4.78, 5) is 2.55. The first-order valence-electron chi connectivity index (χ1n) is 8.17. The predicted octanol–water partition coefficient (Wildman–Crippen LogP) is 3.01. The van der Waals surface area contributed by atoms with Crippen molar-refractivity contribution in [3.05, 3.63) is 42.5 Å². The van der Waals surface area contributed by atoms with Crippen molar-refractivity contribution < 1.29 is 4.74 Å². The van der Waals surface area contributed by atoms with Crippen molar-refractivity contribution in [3.8, 4) is 17.1 Å². The molecular weight excluding hydrogens is 274 g/mol. The van der Waals surface area contributed by atoms with E-state index >= 15 is 0 Å². The molecule has 2 saturated heterocycles. The normalized spacial score (nSPS) is 27.4. The van der Waals surface area contributed by atoms with E-state index in [9.17, 15) is 0 Å². The molecule has 2 fully saturated rings. The lowest BCUT2D eigenvalue weighted by Crippen LogP contribution is -2.49. The zero-order valence-electron chi connectivity index (χ0n) is 12.7. The summed E-state index contributed by atoms with van der Waals surface area (Å²) in [5.41, 5.74) is 1.97. The number of ether oxygens (including phenoxy) is 1. The maximum Gasteiger partial charge on any atom is 0.233 e. The second-order valence-corrected chi connectivity index (χ2v) is 6.27. The molecule has 2 aliphatic rings. The molecule has 2 aromatic rings. The summed E-state index contributed by atoms with van der Waals surface area (Å²) in [6, 6.07) is 14.1. The molecule has 3 atom stereocenters. The monoisotopic (exact) mass is 295 g/mol. The first-order chi connectivity index (χ1) is 10.9. The van der Waals surface area contributed by atoms with Gasteiger partial charge in [0.15, 0.2) is 0 Å². The summed E-state index contributed by atoms with van der Waals surface area (Å²) >= 11 is 0. The van der Waals surface area contributed by atoms with Crippen molar-refractivity contribution in [2.45, 2.75) is 25.4 Å². The van der Waals surface area contributed by atoms with Crippen molar-refractivity contribution in [2.75, 3.05) is 19.6 Å². The van der Waals surface area contributed by atoms with Crippen molar-refractivity contribution in [2.24, 2.45) is 5.92 Å². The Labute approximate surface area is 131 Å². The Hall–Kier alpha value is -1.94. The van der Waals surface area contributed by atoms with Crippen LogP contribution >= 0.6 is 0 Å². The van der Waals surface area contributed by atoms with E-state index in [1.807, 2.05) is 42.5 Å². The Balaban J connectivity index is 1.45. The van der Waals surface area contributed by atoms with Gasteiger partial charge in [0.25, 0.3) is 0 Å². The lowest BCUT2D eigenvalue weighted by atomic mass is 9.87. The minimum Gasteiger partial charge on any atom is -0.473 e. The second-order valence-electron chi connectivity index (χ2n) is 6.27. The van der Waals surface area contributed by atoms with Crippen LogP contribution in [0.2, 0.25) is 0 Å². The van der Waals surface area contributed by atoms with Crippen LogP contribution in [0.4, 0.5) is 0 Å². The third-order valence-corrected chi connectivity index (χ3v) is 4.78. The molecule has 3 unspecified atom stereocenters. The number of fused-ring (bicyclic) bond motifs is 2. The third kappa shape index (κ3) is 2.83. The summed E-state index contributed by atoms with van der Waals surface area (Å²) in [5, 5.41) is 8.58. The van der Waals surface area contributed by atoms with E-state index in [4.69, 9.17) is 4.74 Å². The second kappa shape index (κ2) is 6.05. The van der Waals surface area contributed by atoms with Gasteiger partial charge in [0.1, 0.15) is 6.10 Å². The van der Waals surface area contributed by atoms with E-state index in [2.05, 4.69) is 15.1 Å². The minimum atomic E-state index is 0.299. The van der Waals surface area contributed by atoms with Crippen LogP contribution in [0, 0.1) is 5.92 Å². The Morgan fingerprint density at radius 3 is 2.68 bits per heavy atom. The standard InChI is InChI=1S/C18H21N3O/c1-2-5-14(6-3-1)16-8-9-18(20-19-16)22-17-10-12-21-11-4-7-15(17)13-21/h1-3,5-6,8-9,15,17H,4,7,10-13H2. The zero-order chi connectivity index (χ0) is 14.8. The number of aromatic nitrogens is 2. The van der Waals surface area contributed by atoms with Crippen LogP contribution in [0.15, 0.2) is 42.5 Å². The van der Waals surface area contributed by atoms with E-state index in [1.54, 1.807) is 0 Å². The number of hydrogen-bond acceptors (Lipinski definition) is 4. The zero-order valence-corrected chi connectivity index (χ0v) is 12.7. The molecule has 1 aromatic heterocycles. The van der Waals surface area contributed by atoms with Gasteiger partial charge in [-0.1, -0.05) is 30.3 Å². The summed E-state index contributed by atoms with van der Waals surface area (Å²) in [6.45, 7) is 3.59. The molecular formula is C18H21N3O. The van der Waals surface area contributed by atoms with Crippen LogP contribution in [0.25, 0.3) is 11.3 Å². The largest absolute Gasteiger partial charge is 0.473 e. The maximum absolute atomic E-state index is 6.13. The van der Waals surface area contributed by atoms with Crippen LogP contribution in [0.5, 0.6) is 5.88 Å². The molecule has 1 aromatic carbocycles. The van der Waals surface area contributed by atoms with Crippen molar-refractivity contribution in [3.63, 3.8) is 0 Å². The van der Waals surface area contributed by atoms with Crippen LogP contribution in [0.3, 0.4) is 0 Å². The summed E-state index contributed by atoms with van der Waals surface area (Å²) in [7, 11) is 0. The minimum absolute atomic E-state index is 0.299. The molecule has 0 saturated carbocycles. The van der Waals surface area contributed by atoms with Gasteiger partial charge in [-0.15, -0.1) is 10.2 Å². The highest BCUT2D eigenvalue weighted by atomic mass is 16.5. The van der Waals surface area contributed by atoms with Gasteiger partial charge in [0, 0.05) is 30.6 Å². The molecule has 114 valence electrons. The number of hydrogen-bond donors (Lipinski definition) is 0. The fourth-order valence-corrected chi connectivity index (χ4v) is 3.60. The van der Waals surface area contributed by atoms with E-state index in [-0.39, 0.29) is 0 Å². The Morgan fingerprint density at radius 2 is 1.86 bits per heavy atom. The smallest absolute Gasteiger partial charge is 0.233 e. The van der Waals surface area contributed by atoms with Gasteiger partial charge < -0.3 is 9.64 Å². The molecule has 4 nitrogen and oxygen atoms in total. The van der Waals surface area contributed by atoms with Gasteiger partial charge in [-0.2, -0.15) is 0 Å². The van der Waals surface area contributed by atoms with Crippen LogP contribution in [-0.2, 0) is 0 Å². The highest BCUT2D eigenvalue weighted by Crippen LogP contribution is 2.29. The average Bonchev–Trinajstić information content (AvgIpc) is 2.59. The van der Waals surface area contributed by atoms with E-state index in [0.717, 1.165) is 24.2 Å². The molecule has 0 N–H and O–H groups in total. The first-order valence-corrected chi connectivity index (χ1v) is 8.17. The molecule has 4 heteroatoms. The van der Waals surface area contributed by atoms with Crippen LogP contribution in [0.1, 0.15) is 19.3 Å². The number of rotatable bonds is 3.